The van der Waals surface area contributed by atoms with Gasteiger partial charge in [-0.25, -0.2) is 0 Å². The maximum Gasteiger partial charge on any atom is 0.247 e. The lowest BCUT2D eigenvalue weighted by atomic mass is 9.87. The number of nitrogens with one attached hydrogen (secondary N) is 1. The van der Waals surface area contributed by atoms with E-state index < -0.39 is 24.2 Å². The van der Waals surface area contributed by atoms with Crippen LogP contribution in [0.1, 0.15) is 38.7 Å². The van der Waals surface area contributed by atoms with E-state index in [1.807, 2.05) is 0 Å². The molecule has 0 saturated carbocycles. The highest BCUT2D eigenvalue weighted by Gasteiger charge is 2.42. The van der Waals surface area contributed by atoms with E-state index in [0.29, 0.717) is 39.4 Å². The van der Waals surface area contributed by atoms with Crippen LogP contribution >= 0.6 is 22.6 Å². The fourth-order valence-electron chi connectivity index (χ4n) is 4.62. The SMILES string of the molecule is COc1cc(CO)cc(I)c1OC1C=C(C(=O)NCCO)CC(N(CC2CCCO2)C(=O)C(C)C)C1O. The molecule has 3 rings (SSSR count). The summed E-state index contributed by atoms with van der Waals surface area (Å²) in [6.07, 6.45) is 1.16. The average Bonchev–Trinajstić information content (AvgIpc) is 3.40. The Labute approximate surface area is 231 Å². The highest BCUT2D eigenvalue weighted by Crippen LogP contribution is 2.37. The van der Waals surface area contributed by atoms with E-state index in [1.165, 1.54) is 7.11 Å². The third kappa shape index (κ3) is 7.34. The smallest absolute Gasteiger partial charge is 0.247 e. The van der Waals surface area contributed by atoms with E-state index in [2.05, 4.69) is 27.9 Å². The first-order chi connectivity index (χ1) is 17.7. The lowest BCUT2D eigenvalue weighted by molar-refractivity contribution is -0.144. The number of ether oxygens (including phenoxy) is 3. The van der Waals surface area contributed by atoms with E-state index in [0.717, 1.165) is 12.8 Å². The van der Waals surface area contributed by atoms with Crippen molar-refractivity contribution < 1.29 is 39.1 Å². The van der Waals surface area contributed by atoms with Crippen LogP contribution in [-0.4, -0.2) is 89.8 Å². The van der Waals surface area contributed by atoms with Gasteiger partial charge in [0, 0.05) is 37.6 Å². The molecule has 1 aliphatic carbocycles. The Balaban J connectivity index is 1.99. The van der Waals surface area contributed by atoms with Gasteiger partial charge in [-0.15, -0.1) is 0 Å². The number of aliphatic hydroxyl groups excluding tert-OH is 3. The summed E-state index contributed by atoms with van der Waals surface area (Å²) in [5.41, 5.74) is 0.990. The number of benzene rings is 1. The molecule has 1 fully saturated rings. The largest absolute Gasteiger partial charge is 0.493 e. The minimum absolute atomic E-state index is 0.0772. The summed E-state index contributed by atoms with van der Waals surface area (Å²) in [4.78, 5) is 27.9. The van der Waals surface area contributed by atoms with Crippen molar-refractivity contribution in [3.63, 3.8) is 0 Å². The number of carbonyl (C=O) groups is 2. The second kappa shape index (κ2) is 13.7. The highest BCUT2D eigenvalue weighted by molar-refractivity contribution is 14.1. The van der Waals surface area contributed by atoms with Gasteiger partial charge in [-0.1, -0.05) is 13.8 Å². The quantitative estimate of drug-likeness (QED) is 0.269. The predicted molar refractivity (Wildman–Crippen MR) is 144 cm³/mol. The van der Waals surface area contributed by atoms with Crippen molar-refractivity contribution in [2.75, 3.05) is 33.4 Å². The average molecular weight is 632 g/mol. The van der Waals surface area contributed by atoms with Gasteiger partial charge in [0.15, 0.2) is 11.5 Å². The number of nitrogens with zero attached hydrogens (tertiary/aromatic N) is 1. The van der Waals surface area contributed by atoms with Crippen molar-refractivity contribution in [2.24, 2.45) is 5.92 Å². The second-order valence-electron chi connectivity index (χ2n) is 9.56. The molecule has 1 heterocycles. The van der Waals surface area contributed by atoms with Gasteiger partial charge in [0.1, 0.15) is 12.2 Å². The van der Waals surface area contributed by atoms with E-state index in [-0.39, 0.29) is 44.1 Å². The lowest BCUT2D eigenvalue weighted by Crippen LogP contribution is -2.57. The first-order valence-electron chi connectivity index (χ1n) is 12.5. The minimum atomic E-state index is -1.14. The molecule has 2 aliphatic rings. The zero-order chi connectivity index (χ0) is 27.1. The number of carbonyl (C=O) groups excluding carboxylic acids is 2. The zero-order valence-electron chi connectivity index (χ0n) is 21.5. The molecule has 2 amide bonds. The number of methoxy groups -OCH3 is 1. The Hall–Kier alpha value is -1.93. The van der Waals surface area contributed by atoms with Crippen LogP contribution in [0.4, 0.5) is 0 Å². The fourth-order valence-corrected chi connectivity index (χ4v) is 5.42. The summed E-state index contributed by atoms with van der Waals surface area (Å²) in [5, 5.41) is 32.9. The maximum absolute atomic E-state index is 13.3. The van der Waals surface area contributed by atoms with Crippen LogP contribution in [0.25, 0.3) is 0 Å². The summed E-state index contributed by atoms with van der Waals surface area (Å²) in [5.74, 6) is -0.130. The van der Waals surface area contributed by atoms with Gasteiger partial charge in [0.05, 0.1) is 36.0 Å². The van der Waals surface area contributed by atoms with Crippen LogP contribution in [0, 0.1) is 9.49 Å². The molecule has 1 aliphatic heterocycles. The van der Waals surface area contributed by atoms with Crippen LogP contribution in [0.3, 0.4) is 0 Å². The van der Waals surface area contributed by atoms with E-state index in [9.17, 15) is 19.8 Å². The fraction of sp³-hybridized carbons (Fsp3) is 0.615. The summed E-state index contributed by atoms with van der Waals surface area (Å²) < 4.78 is 18.2. The van der Waals surface area contributed by atoms with Gasteiger partial charge in [0.25, 0.3) is 0 Å². The summed E-state index contributed by atoms with van der Waals surface area (Å²) in [7, 11) is 1.48. The topological polar surface area (TPSA) is 138 Å². The molecule has 206 valence electrons. The van der Waals surface area contributed by atoms with Crippen molar-refractivity contribution in [1.82, 2.24) is 10.2 Å². The summed E-state index contributed by atoms with van der Waals surface area (Å²) in [6, 6.07) is 2.66. The molecule has 10 nitrogen and oxygen atoms in total. The van der Waals surface area contributed by atoms with Crippen LogP contribution in [0.15, 0.2) is 23.8 Å². The molecule has 11 heteroatoms. The van der Waals surface area contributed by atoms with Crippen LogP contribution in [0.2, 0.25) is 0 Å². The van der Waals surface area contributed by atoms with Crippen molar-refractivity contribution in [3.05, 3.63) is 32.9 Å². The number of aliphatic hydroxyl groups is 3. The molecule has 4 unspecified atom stereocenters. The van der Waals surface area contributed by atoms with Gasteiger partial charge in [-0.2, -0.15) is 0 Å². The molecule has 1 aromatic carbocycles. The Morgan fingerprint density at radius 3 is 2.65 bits per heavy atom. The maximum atomic E-state index is 13.3. The third-order valence-corrected chi connectivity index (χ3v) is 7.34. The standard InChI is InChI=1S/C26H37IN2O8/c1-15(2)26(34)29(13-18-5-4-8-36-18)20-11-17(25(33)28-6-7-30)12-21(23(20)32)37-24-19(27)9-16(14-31)10-22(24)35-3/h9-10,12,15,18,20-21,23,30-32H,4-8,11,13-14H2,1-3H3,(H,28,33). The van der Waals surface area contributed by atoms with Gasteiger partial charge < -0.3 is 39.7 Å². The van der Waals surface area contributed by atoms with Crippen molar-refractivity contribution in [1.29, 1.82) is 0 Å². The molecule has 1 aromatic rings. The minimum Gasteiger partial charge on any atom is -0.493 e. The van der Waals surface area contributed by atoms with Crippen LogP contribution in [-0.2, 0) is 20.9 Å². The molecule has 1 saturated heterocycles. The molecular formula is C26H37IN2O8. The van der Waals surface area contributed by atoms with E-state index in [1.54, 1.807) is 37.0 Å². The number of rotatable bonds is 11. The zero-order valence-corrected chi connectivity index (χ0v) is 23.6. The molecule has 4 N–H and O–H groups in total. The first-order valence-corrected chi connectivity index (χ1v) is 13.6. The Morgan fingerprint density at radius 2 is 2.05 bits per heavy atom. The van der Waals surface area contributed by atoms with Gasteiger partial charge >= 0.3 is 0 Å². The second-order valence-corrected chi connectivity index (χ2v) is 10.7. The van der Waals surface area contributed by atoms with Crippen molar-refractivity contribution in [2.45, 2.75) is 64.1 Å². The van der Waals surface area contributed by atoms with Crippen molar-refractivity contribution in [3.8, 4) is 11.5 Å². The molecule has 0 spiro atoms. The normalized spacial score (nSPS) is 23.5. The number of hydrogen-bond acceptors (Lipinski definition) is 8. The highest BCUT2D eigenvalue weighted by atomic mass is 127. The molecule has 0 radical (unpaired) electrons. The number of amides is 2. The molecule has 0 bridgehead atoms. The number of halogens is 1. The van der Waals surface area contributed by atoms with Gasteiger partial charge in [0.2, 0.25) is 11.8 Å². The molecule has 4 atom stereocenters. The molecule has 37 heavy (non-hydrogen) atoms. The molecule has 0 aromatic heterocycles. The number of hydrogen-bond donors (Lipinski definition) is 4. The van der Waals surface area contributed by atoms with E-state index >= 15 is 0 Å². The summed E-state index contributed by atoms with van der Waals surface area (Å²) in [6.45, 7) is 4.23. The Kier molecular flexibility index (Phi) is 11.0. The summed E-state index contributed by atoms with van der Waals surface area (Å²) >= 11 is 2.06. The molecular weight excluding hydrogens is 595 g/mol. The predicted octanol–water partition coefficient (Wildman–Crippen LogP) is 1.37. The lowest BCUT2D eigenvalue weighted by Gasteiger charge is -2.42. The van der Waals surface area contributed by atoms with Gasteiger partial charge in [-0.05, 0) is 59.2 Å². The monoisotopic (exact) mass is 632 g/mol. The first kappa shape index (κ1) is 29.6. The van der Waals surface area contributed by atoms with E-state index in [4.69, 9.17) is 19.3 Å². The van der Waals surface area contributed by atoms with Crippen molar-refractivity contribution >= 4 is 34.4 Å². The Bertz CT molecular complexity index is 980. The third-order valence-electron chi connectivity index (χ3n) is 6.54. The van der Waals surface area contributed by atoms with Crippen LogP contribution < -0.4 is 14.8 Å². The van der Waals surface area contributed by atoms with Gasteiger partial charge in [-0.3, -0.25) is 9.59 Å². The Morgan fingerprint density at radius 1 is 1.30 bits per heavy atom. The van der Waals surface area contributed by atoms with Crippen LogP contribution in [0.5, 0.6) is 11.5 Å².